The standard InChI is InChI=1S/C19H29N3O3/c1-16-4-3-5-18(14-16)15-19(24)20-6-7-22(17(2)23)9-8-21-10-12-25-13-11-21/h3-5,14H,6-13,15H2,1-2H3,(H,20,24). The van der Waals surface area contributed by atoms with Gasteiger partial charge in [0.15, 0.2) is 0 Å². The Kier molecular flexibility index (Phi) is 7.88. The van der Waals surface area contributed by atoms with E-state index in [-0.39, 0.29) is 11.8 Å². The van der Waals surface area contributed by atoms with Crippen molar-refractivity contribution in [1.29, 1.82) is 0 Å². The van der Waals surface area contributed by atoms with Crippen molar-refractivity contribution in [2.45, 2.75) is 20.3 Å². The SMILES string of the molecule is CC(=O)N(CCNC(=O)Cc1cccc(C)c1)CCN1CCOCC1. The molecule has 2 amide bonds. The molecule has 0 atom stereocenters. The Bertz CT molecular complexity index is 571. The first kappa shape index (κ1) is 19.4. The second-order valence-electron chi connectivity index (χ2n) is 6.48. The number of rotatable bonds is 8. The smallest absolute Gasteiger partial charge is 0.224 e. The van der Waals surface area contributed by atoms with Crippen molar-refractivity contribution in [2.75, 3.05) is 52.5 Å². The first-order valence-corrected chi connectivity index (χ1v) is 8.92. The lowest BCUT2D eigenvalue weighted by Crippen LogP contribution is -2.44. The third-order valence-electron chi connectivity index (χ3n) is 4.39. The number of nitrogens with one attached hydrogen (secondary N) is 1. The van der Waals surface area contributed by atoms with Crippen LogP contribution in [0.4, 0.5) is 0 Å². The van der Waals surface area contributed by atoms with Crippen LogP contribution in [-0.2, 0) is 20.7 Å². The van der Waals surface area contributed by atoms with Crippen molar-refractivity contribution in [3.63, 3.8) is 0 Å². The fraction of sp³-hybridized carbons (Fsp3) is 0.579. The summed E-state index contributed by atoms with van der Waals surface area (Å²) in [5, 5.41) is 2.91. The maximum absolute atomic E-state index is 12.0. The summed E-state index contributed by atoms with van der Waals surface area (Å²) in [5.41, 5.74) is 2.16. The van der Waals surface area contributed by atoms with Gasteiger partial charge in [0.05, 0.1) is 19.6 Å². The highest BCUT2D eigenvalue weighted by Gasteiger charge is 2.14. The van der Waals surface area contributed by atoms with Gasteiger partial charge >= 0.3 is 0 Å². The predicted molar refractivity (Wildman–Crippen MR) is 97.4 cm³/mol. The highest BCUT2D eigenvalue weighted by Crippen LogP contribution is 2.04. The summed E-state index contributed by atoms with van der Waals surface area (Å²) in [6.07, 6.45) is 0.371. The van der Waals surface area contributed by atoms with E-state index >= 15 is 0 Å². The van der Waals surface area contributed by atoms with E-state index in [9.17, 15) is 9.59 Å². The fourth-order valence-electron chi connectivity index (χ4n) is 2.91. The summed E-state index contributed by atoms with van der Waals surface area (Å²) in [6.45, 7) is 9.49. The van der Waals surface area contributed by atoms with Gasteiger partial charge in [-0.05, 0) is 12.5 Å². The molecule has 25 heavy (non-hydrogen) atoms. The molecular formula is C19H29N3O3. The molecule has 0 radical (unpaired) electrons. The van der Waals surface area contributed by atoms with Crippen molar-refractivity contribution >= 4 is 11.8 Å². The van der Waals surface area contributed by atoms with Gasteiger partial charge in [-0.15, -0.1) is 0 Å². The Morgan fingerprint density at radius 3 is 2.68 bits per heavy atom. The molecule has 1 fully saturated rings. The molecule has 0 aliphatic carbocycles. The van der Waals surface area contributed by atoms with E-state index < -0.39 is 0 Å². The van der Waals surface area contributed by atoms with Crippen LogP contribution >= 0.6 is 0 Å². The molecule has 0 spiro atoms. The lowest BCUT2D eigenvalue weighted by atomic mass is 10.1. The number of hydrogen-bond donors (Lipinski definition) is 1. The lowest BCUT2D eigenvalue weighted by molar-refractivity contribution is -0.129. The van der Waals surface area contributed by atoms with Gasteiger partial charge in [-0.2, -0.15) is 0 Å². The van der Waals surface area contributed by atoms with E-state index in [1.165, 1.54) is 0 Å². The van der Waals surface area contributed by atoms with E-state index in [4.69, 9.17) is 4.74 Å². The fourth-order valence-corrected chi connectivity index (χ4v) is 2.91. The minimum Gasteiger partial charge on any atom is -0.379 e. The molecule has 1 N–H and O–H groups in total. The monoisotopic (exact) mass is 347 g/mol. The van der Waals surface area contributed by atoms with E-state index in [1.54, 1.807) is 11.8 Å². The second kappa shape index (κ2) is 10.2. The van der Waals surface area contributed by atoms with Crippen molar-refractivity contribution in [1.82, 2.24) is 15.1 Å². The summed E-state index contributed by atoms with van der Waals surface area (Å²) in [5.74, 6) is 0.0310. The molecule has 6 heteroatoms. The molecule has 1 aliphatic rings. The summed E-state index contributed by atoms with van der Waals surface area (Å²) < 4.78 is 5.33. The molecule has 138 valence electrons. The van der Waals surface area contributed by atoms with Crippen LogP contribution in [0.1, 0.15) is 18.1 Å². The van der Waals surface area contributed by atoms with Gasteiger partial charge in [0.25, 0.3) is 0 Å². The summed E-state index contributed by atoms with van der Waals surface area (Å²) in [4.78, 5) is 27.9. The van der Waals surface area contributed by atoms with Crippen LogP contribution < -0.4 is 5.32 Å². The van der Waals surface area contributed by atoms with Crippen LogP contribution in [0.3, 0.4) is 0 Å². The highest BCUT2D eigenvalue weighted by molar-refractivity contribution is 5.78. The molecule has 0 bridgehead atoms. The quantitative estimate of drug-likeness (QED) is 0.757. The number of carbonyl (C=O) groups is 2. The molecular weight excluding hydrogens is 318 g/mol. The Labute approximate surface area is 150 Å². The Morgan fingerprint density at radius 2 is 2.00 bits per heavy atom. The molecule has 1 saturated heterocycles. The summed E-state index contributed by atoms with van der Waals surface area (Å²) in [6, 6.07) is 7.95. The van der Waals surface area contributed by atoms with Crippen molar-refractivity contribution in [3.05, 3.63) is 35.4 Å². The maximum atomic E-state index is 12.0. The third-order valence-corrected chi connectivity index (χ3v) is 4.39. The number of amides is 2. The number of aryl methyl sites for hydroxylation is 1. The normalized spacial score (nSPS) is 15.0. The average Bonchev–Trinajstić information content (AvgIpc) is 2.58. The zero-order valence-corrected chi connectivity index (χ0v) is 15.3. The van der Waals surface area contributed by atoms with Crippen LogP contribution in [0.25, 0.3) is 0 Å². The summed E-state index contributed by atoms with van der Waals surface area (Å²) >= 11 is 0. The van der Waals surface area contributed by atoms with Gasteiger partial charge < -0.3 is 15.0 Å². The topological polar surface area (TPSA) is 61.9 Å². The van der Waals surface area contributed by atoms with Gasteiger partial charge in [-0.25, -0.2) is 0 Å². The van der Waals surface area contributed by atoms with Gasteiger partial charge in [0.2, 0.25) is 11.8 Å². The van der Waals surface area contributed by atoms with E-state index in [1.807, 2.05) is 31.2 Å². The minimum absolute atomic E-state index is 0.0118. The predicted octanol–water partition coefficient (Wildman–Crippen LogP) is 0.834. The number of ether oxygens (including phenoxy) is 1. The summed E-state index contributed by atoms with van der Waals surface area (Å²) in [7, 11) is 0. The molecule has 0 unspecified atom stereocenters. The number of hydrogen-bond acceptors (Lipinski definition) is 4. The zero-order valence-electron chi connectivity index (χ0n) is 15.3. The van der Waals surface area contributed by atoms with Crippen LogP contribution in [0, 0.1) is 6.92 Å². The molecule has 1 heterocycles. The van der Waals surface area contributed by atoms with Gasteiger partial charge in [-0.3, -0.25) is 14.5 Å². The van der Waals surface area contributed by atoms with E-state index in [0.717, 1.165) is 44.0 Å². The van der Waals surface area contributed by atoms with E-state index in [2.05, 4.69) is 10.2 Å². The first-order valence-electron chi connectivity index (χ1n) is 8.92. The Balaban J connectivity index is 1.69. The molecule has 6 nitrogen and oxygen atoms in total. The van der Waals surface area contributed by atoms with Crippen molar-refractivity contribution < 1.29 is 14.3 Å². The molecule has 1 aliphatic heterocycles. The van der Waals surface area contributed by atoms with Crippen LogP contribution in [-0.4, -0.2) is 74.1 Å². The molecule has 0 saturated carbocycles. The van der Waals surface area contributed by atoms with E-state index in [0.29, 0.717) is 26.1 Å². The van der Waals surface area contributed by atoms with Gasteiger partial charge in [-0.1, -0.05) is 29.8 Å². The maximum Gasteiger partial charge on any atom is 0.224 e. The minimum atomic E-state index is -0.0118. The molecule has 1 aromatic rings. The molecule has 0 aromatic heterocycles. The first-order chi connectivity index (χ1) is 12.0. The molecule has 2 rings (SSSR count). The number of benzene rings is 1. The molecule has 1 aromatic carbocycles. The Morgan fingerprint density at radius 1 is 1.24 bits per heavy atom. The third kappa shape index (κ3) is 7.23. The van der Waals surface area contributed by atoms with Crippen LogP contribution in [0.5, 0.6) is 0 Å². The Hall–Kier alpha value is -1.92. The number of morpholine rings is 1. The van der Waals surface area contributed by atoms with Gasteiger partial charge in [0.1, 0.15) is 0 Å². The van der Waals surface area contributed by atoms with Crippen LogP contribution in [0.2, 0.25) is 0 Å². The number of carbonyl (C=O) groups excluding carboxylic acids is 2. The van der Waals surface area contributed by atoms with Gasteiger partial charge in [0, 0.05) is 46.2 Å². The second-order valence-corrected chi connectivity index (χ2v) is 6.48. The van der Waals surface area contributed by atoms with Crippen molar-refractivity contribution in [3.8, 4) is 0 Å². The largest absolute Gasteiger partial charge is 0.379 e. The zero-order chi connectivity index (χ0) is 18.1. The number of nitrogens with zero attached hydrogens (tertiary/aromatic N) is 2. The average molecular weight is 347 g/mol. The lowest BCUT2D eigenvalue weighted by Gasteiger charge is -2.29. The van der Waals surface area contributed by atoms with Crippen LogP contribution in [0.15, 0.2) is 24.3 Å². The highest BCUT2D eigenvalue weighted by atomic mass is 16.5. The van der Waals surface area contributed by atoms with Crippen molar-refractivity contribution in [2.24, 2.45) is 0 Å².